The molecule has 0 aliphatic carbocycles. The number of imide groups is 1. The van der Waals surface area contributed by atoms with Crippen molar-refractivity contribution in [1.82, 2.24) is 0 Å². The van der Waals surface area contributed by atoms with Crippen LogP contribution < -0.4 is 4.90 Å². The molecule has 0 N–H and O–H groups in total. The third-order valence-corrected chi connectivity index (χ3v) is 3.50. The van der Waals surface area contributed by atoms with Crippen molar-refractivity contribution in [2.75, 3.05) is 4.90 Å². The molecule has 2 aromatic carbocycles. The highest BCUT2D eigenvalue weighted by molar-refractivity contribution is 6.35. The van der Waals surface area contributed by atoms with Crippen LogP contribution in [-0.2, 0) is 0 Å². The predicted molar refractivity (Wildman–Crippen MR) is 75.7 cm³/mol. The fourth-order valence-corrected chi connectivity index (χ4v) is 2.39. The Labute approximate surface area is 123 Å². The van der Waals surface area contributed by atoms with E-state index in [0.29, 0.717) is 0 Å². The summed E-state index contributed by atoms with van der Waals surface area (Å²) in [6.07, 6.45) is 0. The van der Waals surface area contributed by atoms with Gasteiger partial charge in [0.1, 0.15) is 5.02 Å². The Morgan fingerprint density at radius 3 is 2.10 bits per heavy atom. The minimum absolute atomic E-state index is 0.0552. The molecule has 1 aliphatic rings. The molecule has 2 amide bonds. The number of rotatable bonds is 2. The Morgan fingerprint density at radius 1 is 1.00 bits per heavy atom. The van der Waals surface area contributed by atoms with Crippen LogP contribution in [0, 0.1) is 10.1 Å². The molecule has 1 aliphatic heterocycles. The zero-order chi connectivity index (χ0) is 15.1. The van der Waals surface area contributed by atoms with Gasteiger partial charge in [-0.25, -0.2) is 4.90 Å². The number of carbonyl (C=O) groups is 2. The number of nitro benzene ring substituents is 1. The SMILES string of the molecule is O=C1c2ccccc2C(=O)N1c1ccc(Cl)c([N+](=O)[O-])c1. The van der Waals surface area contributed by atoms with Crippen molar-refractivity contribution >= 4 is 34.8 Å². The number of benzene rings is 2. The first kappa shape index (κ1) is 13.3. The Bertz CT molecular complexity index is 768. The van der Waals surface area contributed by atoms with E-state index in [1.54, 1.807) is 24.3 Å². The van der Waals surface area contributed by atoms with Crippen LogP contribution in [0.15, 0.2) is 42.5 Å². The third kappa shape index (κ3) is 1.96. The van der Waals surface area contributed by atoms with Crippen molar-refractivity contribution in [2.24, 2.45) is 0 Å². The number of fused-ring (bicyclic) bond motifs is 1. The van der Waals surface area contributed by atoms with Gasteiger partial charge in [-0.15, -0.1) is 0 Å². The van der Waals surface area contributed by atoms with Crippen molar-refractivity contribution < 1.29 is 14.5 Å². The number of amides is 2. The summed E-state index contributed by atoms with van der Waals surface area (Å²) in [5.41, 5.74) is 0.322. The summed E-state index contributed by atoms with van der Waals surface area (Å²) >= 11 is 5.73. The zero-order valence-corrected chi connectivity index (χ0v) is 11.2. The van der Waals surface area contributed by atoms with Crippen LogP contribution in [0.5, 0.6) is 0 Å². The zero-order valence-electron chi connectivity index (χ0n) is 10.4. The second-order valence-electron chi connectivity index (χ2n) is 4.38. The lowest BCUT2D eigenvalue weighted by atomic mass is 10.1. The van der Waals surface area contributed by atoms with Gasteiger partial charge in [0.05, 0.1) is 21.7 Å². The highest BCUT2D eigenvalue weighted by Gasteiger charge is 2.37. The van der Waals surface area contributed by atoms with Crippen molar-refractivity contribution in [1.29, 1.82) is 0 Å². The number of hydrogen-bond acceptors (Lipinski definition) is 4. The summed E-state index contributed by atoms with van der Waals surface area (Å²) in [5, 5.41) is 10.8. The summed E-state index contributed by atoms with van der Waals surface area (Å²) in [5.74, 6) is -1.01. The molecule has 3 rings (SSSR count). The van der Waals surface area contributed by atoms with Crippen LogP contribution in [0.25, 0.3) is 0 Å². The van der Waals surface area contributed by atoms with E-state index in [1.807, 2.05) is 0 Å². The largest absolute Gasteiger partial charge is 0.289 e. The van der Waals surface area contributed by atoms with Crippen LogP contribution >= 0.6 is 11.6 Å². The van der Waals surface area contributed by atoms with Gasteiger partial charge in [0, 0.05) is 6.07 Å². The maximum Gasteiger partial charge on any atom is 0.289 e. The smallest absolute Gasteiger partial charge is 0.268 e. The van der Waals surface area contributed by atoms with Gasteiger partial charge in [-0.3, -0.25) is 19.7 Å². The van der Waals surface area contributed by atoms with E-state index < -0.39 is 16.7 Å². The highest BCUT2D eigenvalue weighted by Crippen LogP contribution is 2.33. The standard InChI is InChI=1S/C14H7ClN2O4/c15-11-6-5-8(7-12(11)17(20)21)16-13(18)9-3-1-2-4-10(9)14(16)19/h1-7H. The van der Waals surface area contributed by atoms with Gasteiger partial charge >= 0.3 is 0 Å². The van der Waals surface area contributed by atoms with Gasteiger partial charge in [0.2, 0.25) is 0 Å². The molecule has 0 radical (unpaired) electrons. The Balaban J connectivity index is 2.11. The average Bonchev–Trinajstić information content (AvgIpc) is 2.72. The third-order valence-electron chi connectivity index (χ3n) is 3.18. The first-order chi connectivity index (χ1) is 10.0. The molecular formula is C14H7ClN2O4. The van der Waals surface area contributed by atoms with Crippen molar-refractivity contribution in [3.63, 3.8) is 0 Å². The normalized spacial score (nSPS) is 13.5. The number of nitrogens with zero attached hydrogens (tertiary/aromatic N) is 2. The molecule has 6 nitrogen and oxygen atoms in total. The molecule has 0 spiro atoms. The molecule has 0 aromatic heterocycles. The molecule has 1 heterocycles. The second kappa shape index (κ2) is 4.68. The lowest BCUT2D eigenvalue weighted by molar-refractivity contribution is -0.384. The second-order valence-corrected chi connectivity index (χ2v) is 4.79. The van der Waals surface area contributed by atoms with E-state index in [0.717, 1.165) is 11.0 Å². The van der Waals surface area contributed by atoms with E-state index >= 15 is 0 Å². The van der Waals surface area contributed by atoms with Crippen molar-refractivity contribution in [3.05, 3.63) is 68.7 Å². The summed E-state index contributed by atoms with van der Waals surface area (Å²) in [6, 6.07) is 10.2. The molecular weight excluding hydrogens is 296 g/mol. The number of hydrogen-bond donors (Lipinski definition) is 0. The van der Waals surface area contributed by atoms with Crippen LogP contribution in [-0.4, -0.2) is 16.7 Å². The van der Waals surface area contributed by atoms with Crippen molar-refractivity contribution in [3.8, 4) is 0 Å². The number of carbonyl (C=O) groups excluding carboxylic acids is 2. The molecule has 0 bridgehead atoms. The van der Waals surface area contributed by atoms with Crippen LogP contribution in [0.1, 0.15) is 20.7 Å². The minimum Gasteiger partial charge on any atom is -0.268 e. The number of anilines is 1. The molecule has 0 saturated heterocycles. The molecule has 0 unspecified atom stereocenters. The summed E-state index contributed by atoms with van der Waals surface area (Å²) in [6.45, 7) is 0. The van der Waals surface area contributed by atoms with Gasteiger partial charge in [0.25, 0.3) is 17.5 Å². The molecule has 21 heavy (non-hydrogen) atoms. The first-order valence-electron chi connectivity index (χ1n) is 5.92. The van der Waals surface area contributed by atoms with Gasteiger partial charge in [-0.2, -0.15) is 0 Å². The summed E-state index contributed by atoms with van der Waals surface area (Å²) < 4.78 is 0. The molecule has 0 saturated carbocycles. The van der Waals surface area contributed by atoms with Gasteiger partial charge in [-0.1, -0.05) is 23.7 Å². The van der Waals surface area contributed by atoms with E-state index in [9.17, 15) is 19.7 Å². The first-order valence-corrected chi connectivity index (χ1v) is 6.30. The highest BCUT2D eigenvalue weighted by atomic mass is 35.5. The van der Waals surface area contributed by atoms with E-state index in [2.05, 4.69) is 0 Å². The van der Waals surface area contributed by atoms with Crippen molar-refractivity contribution in [2.45, 2.75) is 0 Å². The predicted octanol–water partition coefficient (Wildman–Crippen LogP) is 3.05. The Kier molecular flexibility index (Phi) is 2.95. The fourth-order valence-electron chi connectivity index (χ4n) is 2.20. The maximum absolute atomic E-state index is 12.3. The van der Waals surface area contributed by atoms with Crippen LogP contribution in [0.2, 0.25) is 5.02 Å². The molecule has 0 atom stereocenters. The van der Waals surface area contributed by atoms with E-state index in [4.69, 9.17) is 11.6 Å². The lowest BCUT2D eigenvalue weighted by Gasteiger charge is -2.13. The molecule has 7 heteroatoms. The van der Waals surface area contributed by atoms with Crippen LogP contribution in [0.3, 0.4) is 0 Å². The van der Waals surface area contributed by atoms with Gasteiger partial charge < -0.3 is 0 Å². The molecule has 104 valence electrons. The number of nitro groups is 1. The molecule has 0 fully saturated rings. The lowest BCUT2D eigenvalue weighted by Crippen LogP contribution is -2.29. The Hall–Kier alpha value is -2.73. The van der Waals surface area contributed by atoms with E-state index in [1.165, 1.54) is 12.1 Å². The summed E-state index contributed by atoms with van der Waals surface area (Å²) in [4.78, 5) is 35.7. The van der Waals surface area contributed by atoms with E-state index in [-0.39, 0.29) is 27.5 Å². The Morgan fingerprint density at radius 2 is 1.57 bits per heavy atom. The van der Waals surface area contributed by atoms with Gasteiger partial charge in [-0.05, 0) is 24.3 Å². The minimum atomic E-state index is -0.663. The summed E-state index contributed by atoms with van der Waals surface area (Å²) in [7, 11) is 0. The average molecular weight is 303 g/mol. The quantitative estimate of drug-likeness (QED) is 0.485. The topological polar surface area (TPSA) is 80.5 Å². The van der Waals surface area contributed by atoms with Gasteiger partial charge in [0.15, 0.2) is 0 Å². The van der Waals surface area contributed by atoms with Crippen LogP contribution in [0.4, 0.5) is 11.4 Å². The monoisotopic (exact) mass is 302 g/mol. The maximum atomic E-state index is 12.3. The fraction of sp³-hybridized carbons (Fsp3) is 0. The molecule has 2 aromatic rings. The number of halogens is 1.